The first-order valence-corrected chi connectivity index (χ1v) is 16.9. The molecule has 4 aromatic carbocycles. The maximum absolute atomic E-state index is 14.6. The smallest absolute Gasteiger partial charge is 0.264 e. The lowest BCUT2D eigenvalue weighted by atomic mass is 10.0. The summed E-state index contributed by atoms with van der Waals surface area (Å²) in [6.07, 6.45) is 2.01. The van der Waals surface area contributed by atoms with E-state index < -0.39 is 28.5 Å². The van der Waals surface area contributed by atoms with Crippen LogP contribution in [0.25, 0.3) is 0 Å². The third kappa shape index (κ3) is 8.82. The number of hydrogen-bond donors (Lipinski definition) is 1. The van der Waals surface area contributed by atoms with Crippen LogP contribution in [0.4, 0.5) is 5.69 Å². The quantitative estimate of drug-likeness (QED) is 0.165. The van der Waals surface area contributed by atoms with Gasteiger partial charge in [0.25, 0.3) is 10.0 Å². The number of aryl methyl sites for hydroxylation is 3. The molecule has 45 heavy (non-hydrogen) atoms. The third-order valence-electron chi connectivity index (χ3n) is 7.78. The normalized spacial score (nSPS) is 11.9. The van der Waals surface area contributed by atoms with Gasteiger partial charge in [-0.1, -0.05) is 104 Å². The average molecular weight is 626 g/mol. The highest BCUT2D eigenvalue weighted by atomic mass is 32.2. The van der Waals surface area contributed by atoms with Crippen molar-refractivity contribution in [3.8, 4) is 0 Å². The van der Waals surface area contributed by atoms with Crippen molar-refractivity contribution < 1.29 is 18.0 Å². The standard InChI is InChI=1S/C37H43N3O4S/c1-5-6-22-38-37(42)35(25-31-15-9-7-10-16-31)39(26-32-17-13-14-28(2)23-32)36(41)27-40(34-24-29(3)20-21-30(34)4)45(43,44)33-18-11-8-12-19-33/h7-21,23-24,35H,5-6,22,25-27H2,1-4H3,(H,38,42)/t35-/m0/s1. The Morgan fingerprint density at radius 1 is 0.778 bits per heavy atom. The van der Waals surface area contributed by atoms with E-state index in [0.717, 1.165) is 40.7 Å². The molecule has 4 aromatic rings. The number of anilines is 1. The second kappa shape index (κ2) is 15.5. The van der Waals surface area contributed by atoms with Gasteiger partial charge in [-0.2, -0.15) is 0 Å². The molecule has 1 N–H and O–H groups in total. The monoisotopic (exact) mass is 625 g/mol. The van der Waals surface area contributed by atoms with Crippen LogP contribution in [0.3, 0.4) is 0 Å². The van der Waals surface area contributed by atoms with Crippen LogP contribution in [0.5, 0.6) is 0 Å². The maximum Gasteiger partial charge on any atom is 0.264 e. The van der Waals surface area contributed by atoms with Gasteiger partial charge in [-0.25, -0.2) is 8.42 Å². The van der Waals surface area contributed by atoms with Crippen molar-refractivity contribution in [1.82, 2.24) is 10.2 Å². The van der Waals surface area contributed by atoms with Crippen LogP contribution < -0.4 is 9.62 Å². The molecule has 0 aliphatic carbocycles. The third-order valence-corrected chi connectivity index (χ3v) is 9.55. The van der Waals surface area contributed by atoms with Crippen LogP contribution in [0, 0.1) is 20.8 Å². The number of unbranched alkanes of at least 4 members (excludes halogenated alkanes) is 1. The van der Waals surface area contributed by atoms with E-state index >= 15 is 0 Å². The molecule has 0 radical (unpaired) electrons. The summed E-state index contributed by atoms with van der Waals surface area (Å²) in [5.74, 6) is -0.735. The zero-order valence-electron chi connectivity index (χ0n) is 26.6. The van der Waals surface area contributed by atoms with Crippen LogP contribution in [0.15, 0.2) is 108 Å². The van der Waals surface area contributed by atoms with E-state index in [0.29, 0.717) is 12.2 Å². The molecular formula is C37H43N3O4S. The zero-order valence-corrected chi connectivity index (χ0v) is 27.4. The second-order valence-corrected chi connectivity index (χ2v) is 13.3. The Labute approximate surface area is 268 Å². The maximum atomic E-state index is 14.6. The van der Waals surface area contributed by atoms with Crippen molar-refractivity contribution in [1.29, 1.82) is 0 Å². The van der Waals surface area contributed by atoms with E-state index in [9.17, 15) is 18.0 Å². The summed E-state index contributed by atoms with van der Waals surface area (Å²) in [7, 11) is -4.14. The molecule has 0 aliphatic heterocycles. The Morgan fingerprint density at radius 3 is 2.09 bits per heavy atom. The summed E-state index contributed by atoms with van der Waals surface area (Å²) in [4.78, 5) is 30.1. The predicted molar refractivity (Wildman–Crippen MR) is 180 cm³/mol. The zero-order chi connectivity index (χ0) is 32.4. The molecule has 0 heterocycles. The second-order valence-electron chi connectivity index (χ2n) is 11.5. The first kappa shape index (κ1) is 33.5. The van der Waals surface area contributed by atoms with Gasteiger partial charge in [0.05, 0.1) is 10.6 Å². The lowest BCUT2D eigenvalue weighted by Gasteiger charge is -2.34. The number of sulfonamides is 1. The molecule has 8 heteroatoms. The Hall–Kier alpha value is -4.43. The van der Waals surface area contributed by atoms with Crippen LogP contribution in [0.2, 0.25) is 0 Å². The fourth-order valence-electron chi connectivity index (χ4n) is 5.29. The molecular weight excluding hydrogens is 582 g/mol. The van der Waals surface area contributed by atoms with Gasteiger partial charge in [0.1, 0.15) is 12.6 Å². The Kier molecular flexibility index (Phi) is 11.5. The summed E-state index contributed by atoms with van der Waals surface area (Å²) in [6.45, 7) is 7.91. The highest BCUT2D eigenvalue weighted by Gasteiger charge is 2.35. The van der Waals surface area contributed by atoms with Gasteiger partial charge in [-0.05, 0) is 67.6 Å². The molecule has 2 amide bonds. The molecule has 1 atom stereocenters. The minimum absolute atomic E-state index is 0.0853. The van der Waals surface area contributed by atoms with E-state index in [2.05, 4.69) is 12.2 Å². The van der Waals surface area contributed by atoms with Crippen LogP contribution in [0.1, 0.15) is 47.6 Å². The van der Waals surface area contributed by atoms with Gasteiger partial charge in [-0.15, -0.1) is 0 Å². The van der Waals surface area contributed by atoms with Crippen molar-refractivity contribution >= 4 is 27.5 Å². The SMILES string of the molecule is CCCCNC(=O)[C@H](Cc1ccccc1)N(Cc1cccc(C)c1)C(=O)CN(c1cc(C)ccc1C)S(=O)(=O)c1ccccc1. The van der Waals surface area contributed by atoms with Crippen LogP contribution in [-0.4, -0.2) is 44.3 Å². The van der Waals surface area contributed by atoms with Crippen molar-refractivity contribution in [2.75, 3.05) is 17.4 Å². The Bertz CT molecular complexity index is 1690. The number of nitrogens with one attached hydrogen (secondary N) is 1. The molecule has 0 unspecified atom stereocenters. The molecule has 0 spiro atoms. The van der Waals surface area contributed by atoms with E-state index in [1.807, 2.05) is 87.5 Å². The molecule has 4 rings (SSSR count). The lowest BCUT2D eigenvalue weighted by molar-refractivity contribution is -0.140. The highest BCUT2D eigenvalue weighted by Crippen LogP contribution is 2.29. The highest BCUT2D eigenvalue weighted by molar-refractivity contribution is 7.92. The fourth-order valence-corrected chi connectivity index (χ4v) is 6.78. The number of rotatable bonds is 14. The van der Waals surface area contributed by atoms with Crippen molar-refractivity contribution in [3.05, 3.63) is 131 Å². The number of hydrogen-bond acceptors (Lipinski definition) is 4. The number of carbonyl (C=O) groups is 2. The average Bonchev–Trinajstić information content (AvgIpc) is 3.03. The van der Waals surface area contributed by atoms with Crippen molar-refractivity contribution in [2.45, 2.75) is 64.4 Å². The minimum Gasteiger partial charge on any atom is -0.354 e. The first-order valence-electron chi connectivity index (χ1n) is 15.4. The predicted octanol–water partition coefficient (Wildman–Crippen LogP) is 6.36. The van der Waals surface area contributed by atoms with Crippen LogP contribution in [-0.2, 0) is 32.6 Å². The molecule has 236 valence electrons. The molecule has 7 nitrogen and oxygen atoms in total. The molecule has 0 aromatic heterocycles. The van der Waals surface area contributed by atoms with E-state index in [1.54, 1.807) is 29.2 Å². The number of benzene rings is 4. The molecule has 0 fully saturated rings. The summed E-state index contributed by atoms with van der Waals surface area (Å²) in [5, 5.41) is 3.03. The lowest BCUT2D eigenvalue weighted by Crippen LogP contribution is -2.53. The first-order chi connectivity index (χ1) is 21.6. The topological polar surface area (TPSA) is 86.8 Å². The van der Waals surface area contributed by atoms with Crippen molar-refractivity contribution in [2.24, 2.45) is 0 Å². The van der Waals surface area contributed by atoms with Gasteiger partial charge in [-0.3, -0.25) is 13.9 Å². The van der Waals surface area contributed by atoms with Gasteiger partial charge in [0.15, 0.2) is 0 Å². The van der Waals surface area contributed by atoms with E-state index in [1.165, 1.54) is 16.4 Å². The fraction of sp³-hybridized carbons (Fsp3) is 0.297. The van der Waals surface area contributed by atoms with E-state index in [-0.39, 0.29) is 23.8 Å². The van der Waals surface area contributed by atoms with Gasteiger partial charge >= 0.3 is 0 Å². The number of carbonyl (C=O) groups excluding carboxylic acids is 2. The van der Waals surface area contributed by atoms with Gasteiger partial charge in [0.2, 0.25) is 11.8 Å². The largest absolute Gasteiger partial charge is 0.354 e. The molecule has 0 bridgehead atoms. The minimum atomic E-state index is -4.14. The Morgan fingerprint density at radius 2 is 1.42 bits per heavy atom. The van der Waals surface area contributed by atoms with Crippen LogP contribution >= 0.6 is 0 Å². The molecule has 0 saturated carbocycles. The molecule has 0 saturated heterocycles. The van der Waals surface area contributed by atoms with Gasteiger partial charge in [0, 0.05) is 19.5 Å². The summed E-state index contributed by atoms with van der Waals surface area (Å²) in [6, 6.07) is 30.2. The molecule has 0 aliphatic rings. The number of amides is 2. The number of nitrogens with zero attached hydrogens (tertiary/aromatic N) is 2. The Balaban J connectivity index is 1.81. The van der Waals surface area contributed by atoms with Crippen molar-refractivity contribution in [3.63, 3.8) is 0 Å². The summed E-state index contributed by atoms with van der Waals surface area (Å²) < 4.78 is 29.6. The summed E-state index contributed by atoms with van der Waals surface area (Å²) >= 11 is 0. The van der Waals surface area contributed by atoms with E-state index in [4.69, 9.17) is 0 Å². The van der Waals surface area contributed by atoms with Gasteiger partial charge < -0.3 is 10.2 Å². The summed E-state index contributed by atoms with van der Waals surface area (Å²) in [5.41, 5.74) is 4.79.